The average Bonchev–Trinajstić information content (AvgIpc) is 1.67. The second-order valence-corrected chi connectivity index (χ2v) is 39.6. The predicted octanol–water partition coefficient (Wildman–Crippen LogP) is 41.9. The Hall–Kier alpha value is -19.2. The van der Waals surface area contributed by atoms with Gasteiger partial charge in [0, 0.05) is 80.6 Å². The molecule has 0 fully saturated rings. The van der Waals surface area contributed by atoms with Crippen LogP contribution in [0.4, 0.5) is 8.78 Å². The van der Waals surface area contributed by atoms with Gasteiger partial charge in [-0.05, 0) is 282 Å². The van der Waals surface area contributed by atoms with Crippen LogP contribution in [-0.4, -0.2) is 0 Å². The van der Waals surface area contributed by atoms with Crippen LogP contribution in [0.25, 0.3) is 305 Å². The SMILES string of the molecule is Fc1cccc(-c2ccc3c(c2)cc(-c2cccc4ccccc24)c2ccc4c5ccccc5oc4c23)c1F.c1ccc(-c2ccc(-c3c(-c4cccs4)c4ccc(-c5ccccc5)cc4c4c3ccc3c5ccccc5oc34)cc2)cc1.c1ccc2c(-c3cc4ccccc4c4c3ccc3c5ccccc5oc34)cccc2c1.c1ccc2c(c1)cc(-c1cc3ccccc3c3c1ccc1c4ccccc4oc13)c1ccccc12. The van der Waals surface area contributed by atoms with E-state index in [1.165, 1.54) is 180 Å². The van der Waals surface area contributed by atoms with E-state index in [-0.39, 0.29) is 5.56 Å². The van der Waals surface area contributed by atoms with Crippen molar-refractivity contribution in [3.8, 4) is 88.3 Å². The highest BCUT2D eigenvalue weighted by molar-refractivity contribution is 7.13. The van der Waals surface area contributed by atoms with Gasteiger partial charge in [-0.1, -0.05) is 406 Å². The van der Waals surface area contributed by atoms with Crippen molar-refractivity contribution in [2.24, 2.45) is 0 Å². The summed E-state index contributed by atoms with van der Waals surface area (Å²) in [6.07, 6.45) is 0. The fourth-order valence-corrected chi connectivity index (χ4v) is 24.5. The average molecular weight is 1920 g/mol. The van der Waals surface area contributed by atoms with Gasteiger partial charge in [0.25, 0.3) is 0 Å². The van der Waals surface area contributed by atoms with Crippen LogP contribution in [0.5, 0.6) is 0 Å². The van der Waals surface area contributed by atoms with Crippen molar-refractivity contribution in [2.75, 3.05) is 0 Å². The number of rotatable bonds is 8. The summed E-state index contributed by atoms with van der Waals surface area (Å²) < 4.78 is 55.1. The van der Waals surface area contributed by atoms with Gasteiger partial charge in [-0.3, -0.25) is 0 Å². The number of para-hydroxylation sites is 4. The first kappa shape index (κ1) is 86.5. The maximum Gasteiger partial charge on any atom is 0.166 e. The number of hydrogen-bond donors (Lipinski definition) is 0. The fourth-order valence-electron chi connectivity index (χ4n) is 23.7. The summed E-state index contributed by atoms with van der Waals surface area (Å²) in [5, 5.41) is 39.7. The summed E-state index contributed by atoms with van der Waals surface area (Å²) in [6, 6.07) is 176. The molecule has 5 heterocycles. The Bertz CT molecular complexity index is 11100. The van der Waals surface area contributed by atoms with Gasteiger partial charge in [-0.2, -0.15) is 0 Å². The molecule has 0 unspecified atom stereocenters. The van der Waals surface area contributed by atoms with E-state index < -0.39 is 11.6 Å². The normalized spacial score (nSPS) is 11.8. The quantitative estimate of drug-likeness (QED) is 0.142. The van der Waals surface area contributed by atoms with Crippen LogP contribution in [-0.2, 0) is 0 Å². The molecule has 0 saturated heterocycles. The Kier molecular flexibility index (Phi) is 20.6. The molecule has 27 aromatic carbocycles. The number of benzene rings is 27. The molecule has 5 aromatic heterocycles. The summed E-state index contributed by atoms with van der Waals surface area (Å²) in [4.78, 5) is 1.26. The van der Waals surface area contributed by atoms with E-state index in [1.807, 2.05) is 60.7 Å². The van der Waals surface area contributed by atoms with Crippen LogP contribution in [0.2, 0.25) is 0 Å². The molecule has 0 amide bonds. The van der Waals surface area contributed by atoms with Crippen LogP contribution in [0.15, 0.2) is 527 Å². The molecule has 0 aliphatic heterocycles. The van der Waals surface area contributed by atoms with Crippen molar-refractivity contribution in [3.63, 3.8) is 0 Å². The summed E-state index contributed by atoms with van der Waals surface area (Å²) in [6.45, 7) is 0. The molecule has 32 rings (SSSR count). The molecule has 0 spiro atoms. The number of thiophene rings is 1. The zero-order valence-corrected chi connectivity index (χ0v) is 81.1. The molecule has 0 N–H and O–H groups in total. The van der Waals surface area contributed by atoms with Gasteiger partial charge >= 0.3 is 0 Å². The van der Waals surface area contributed by atoms with E-state index in [0.717, 1.165) is 126 Å². The van der Waals surface area contributed by atoms with Crippen LogP contribution in [0, 0.1) is 11.6 Å². The van der Waals surface area contributed by atoms with Gasteiger partial charge in [0.05, 0.1) is 0 Å². The smallest absolute Gasteiger partial charge is 0.166 e. The van der Waals surface area contributed by atoms with Gasteiger partial charge < -0.3 is 17.7 Å². The highest BCUT2D eigenvalue weighted by Gasteiger charge is 2.27. The molecule has 0 aliphatic rings. The van der Waals surface area contributed by atoms with E-state index in [1.54, 1.807) is 17.4 Å². The first-order valence-electron chi connectivity index (χ1n) is 50.5. The summed E-state index contributed by atoms with van der Waals surface area (Å²) >= 11 is 1.79. The molecule has 696 valence electrons. The van der Waals surface area contributed by atoms with Crippen LogP contribution in [0.1, 0.15) is 0 Å². The highest BCUT2D eigenvalue weighted by Crippen LogP contribution is 2.54. The molecule has 0 bridgehead atoms. The minimum absolute atomic E-state index is 0.241. The number of halogens is 2. The van der Waals surface area contributed by atoms with Crippen molar-refractivity contribution in [2.45, 2.75) is 0 Å². The lowest BCUT2D eigenvalue weighted by molar-refractivity contribution is 0.511. The van der Waals surface area contributed by atoms with Gasteiger partial charge in [-0.25, -0.2) is 8.78 Å². The predicted molar refractivity (Wildman–Crippen MR) is 626 cm³/mol. The Morgan fingerprint density at radius 2 is 0.477 bits per heavy atom. The van der Waals surface area contributed by atoms with Gasteiger partial charge in [0.15, 0.2) is 11.6 Å². The first-order valence-corrected chi connectivity index (χ1v) is 51.4. The zero-order chi connectivity index (χ0) is 98.4. The lowest BCUT2D eigenvalue weighted by Crippen LogP contribution is -1.92. The number of hydrogen-bond acceptors (Lipinski definition) is 5. The van der Waals surface area contributed by atoms with E-state index in [0.29, 0.717) is 5.56 Å². The molecular formula is C142H84F2O4S. The maximum absolute atomic E-state index is 14.8. The Balaban J connectivity index is 0.0000000941. The maximum atomic E-state index is 14.8. The molecular weight excluding hydrogens is 1840 g/mol. The van der Waals surface area contributed by atoms with Crippen molar-refractivity contribution < 1.29 is 26.4 Å². The second kappa shape index (κ2) is 35.4. The molecule has 0 aliphatic carbocycles. The lowest BCUT2D eigenvalue weighted by atomic mass is 9.85. The van der Waals surface area contributed by atoms with Crippen molar-refractivity contribution in [3.05, 3.63) is 521 Å². The van der Waals surface area contributed by atoms with Crippen molar-refractivity contribution in [1.29, 1.82) is 0 Å². The molecule has 0 saturated carbocycles. The van der Waals surface area contributed by atoms with Crippen LogP contribution in [0.3, 0.4) is 0 Å². The third-order valence-corrected chi connectivity index (χ3v) is 31.3. The molecule has 0 atom stereocenters. The number of fused-ring (bicyclic) bond motifs is 33. The van der Waals surface area contributed by atoms with Crippen LogP contribution >= 0.6 is 11.3 Å². The van der Waals surface area contributed by atoms with Crippen LogP contribution < -0.4 is 0 Å². The van der Waals surface area contributed by atoms with Crippen molar-refractivity contribution >= 4 is 228 Å². The second-order valence-electron chi connectivity index (χ2n) is 38.6. The van der Waals surface area contributed by atoms with Gasteiger partial charge in [0.2, 0.25) is 0 Å². The lowest BCUT2D eigenvalue weighted by Gasteiger charge is -2.19. The third kappa shape index (κ3) is 14.4. The molecule has 4 nitrogen and oxygen atoms in total. The summed E-state index contributed by atoms with van der Waals surface area (Å²) in [7, 11) is 0. The Morgan fingerprint density at radius 1 is 0.154 bits per heavy atom. The van der Waals surface area contributed by atoms with Gasteiger partial charge in [-0.15, -0.1) is 11.3 Å². The Morgan fingerprint density at radius 3 is 0.966 bits per heavy atom. The van der Waals surface area contributed by atoms with E-state index in [2.05, 4.69) is 430 Å². The fraction of sp³-hybridized carbons (Fsp3) is 0. The monoisotopic (exact) mass is 1920 g/mol. The molecule has 149 heavy (non-hydrogen) atoms. The van der Waals surface area contributed by atoms with Crippen molar-refractivity contribution in [1.82, 2.24) is 0 Å². The summed E-state index contributed by atoms with van der Waals surface area (Å²) in [5.74, 6) is -1.70. The third-order valence-electron chi connectivity index (χ3n) is 30.5. The largest absolute Gasteiger partial charge is 0.455 e. The van der Waals surface area contributed by atoms with E-state index >= 15 is 0 Å². The van der Waals surface area contributed by atoms with Gasteiger partial charge in [0.1, 0.15) is 44.7 Å². The molecule has 7 heteroatoms. The minimum Gasteiger partial charge on any atom is -0.455 e. The first-order chi connectivity index (χ1) is 73.7. The minimum atomic E-state index is -0.855. The zero-order valence-electron chi connectivity index (χ0n) is 80.3. The summed E-state index contributed by atoms with van der Waals surface area (Å²) in [5.41, 5.74) is 23.9. The Labute approximate surface area is 857 Å². The number of furan rings is 4. The topological polar surface area (TPSA) is 52.6 Å². The highest BCUT2D eigenvalue weighted by atomic mass is 32.1. The molecule has 32 aromatic rings. The molecule has 0 radical (unpaired) electrons. The van der Waals surface area contributed by atoms with E-state index in [9.17, 15) is 8.78 Å². The standard InChI is InChI=1S/C42H26OS.C36H20F2O.C34H20O.C30H18O/c1-3-10-27(11-4-1)29-17-19-30(20-18-29)39-35-24-23-34-32-14-7-8-15-37(32)43-42(34)40(35)36-26-31(28-12-5-2-6-13-28)21-22-33(36)41(39)38-16-9-25-44-38;37-32-13-6-11-26(35(32)38)22-15-16-25-23(19-22)20-31(27-12-5-8-21-7-1-2-9-24(21)27)29-17-18-30-28-10-3-4-14-33(28)39-36(30)34(25)29;1-3-11-23-21(9-1)19-30(26-14-6-5-13-25(23)26)31-20-22-10-2-4-12-24(22)33-28(31)17-18-29-27-15-7-8-16-32(27)35-34(29)33;1-3-11-21-19(8-1)10-7-14-23(21)27-18-20-9-2-4-12-22(20)29-25(27)16-17-26-24-13-5-6-15-28(24)31-30(26)29/h1-26H;1-20H;1-20H;1-18H. The van der Waals surface area contributed by atoms with E-state index in [4.69, 9.17) is 17.7 Å².